The van der Waals surface area contributed by atoms with Gasteiger partial charge in [0.2, 0.25) is 0 Å². The highest BCUT2D eigenvalue weighted by Crippen LogP contribution is 2.41. The Morgan fingerprint density at radius 3 is 2.38 bits per heavy atom. The number of carboxylic acid groups (broad SMARTS) is 1. The molecule has 1 saturated carbocycles. The largest absolute Gasteiger partial charge is 0.497 e. The van der Waals surface area contributed by atoms with E-state index < -0.39 is 17.9 Å². The number of nitrogens with two attached hydrogens (primary N) is 1. The average molecular weight is 528 g/mol. The van der Waals surface area contributed by atoms with E-state index in [0.29, 0.717) is 45.0 Å². The minimum absolute atomic E-state index is 0.291. The smallest absolute Gasteiger partial charge is 0.313 e. The van der Waals surface area contributed by atoms with E-state index in [1.807, 2.05) is 0 Å². The molecule has 186 valence electrons. The molecule has 0 spiro atoms. The fourth-order valence-corrected chi connectivity index (χ4v) is 4.76. The lowest BCUT2D eigenvalue weighted by molar-refractivity contribution is -0.142. The molecule has 4 N–H and O–H groups in total. The molecule has 0 unspecified atom stereocenters. The first kappa shape index (κ1) is 28.3. The maximum absolute atomic E-state index is 12.6. The maximum Gasteiger partial charge on any atom is 0.313 e. The van der Waals surface area contributed by atoms with Crippen LogP contribution in [0.2, 0.25) is 10.0 Å². The van der Waals surface area contributed by atoms with Crippen LogP contribution < -0.4 is 11.1 Å². The number of nitrogens with one attached hydrogen (secondary N) is 1. The quantitative estimate of drug-likeness (QED) is 0.390. The summed E-state index contributed by atoms with van der Waals surface area (Å²) in [4.78, 5) is 24.6. The molecule has 0 radical (unpaired) electrons. The summed E-state index contributed by atoms with van der Waals surface area (Å²) < 4.78 is 5.20. The first-order valence-corrected chi connectivity index (χ1v) is 12.8. The molecule has 1 aliphatic heterocycles. The van der Waals surface area contributed by atoms with Crippen molar-refractivity contribution in [2.75, 3.05) is 13.4 Å². The van der Waals surface area contributed by atoms with E-state index in [-0.39, 0.29) is 5.91 Å². The van der Waals surface area contributed by atoms with Gasteiger partial charge in [0.25, 0.3) is 5.91 Å². The van der Waals surface area contributed by atoms with E-state index in [9.17, 15) is 14.7 Å². The lowest BCUT2D eigenvalue weighted by Crippen LogP contribution is -2.44. The molecular weight excluding hydrogens is 495 g/mol. The van der Waals surface area contributed by atoms with Gasteiger partial charge in [-0.2, -0.15) is 12.6 Å². The monoisotopic (exact) mass is 526 g/mol. The number of carbonyl (C=O) groups is 2. The average Bonchev–Trinajstić information content (AvgIpc) is 3.04. The van der Waals surface area contributed by atoms with Crippen LogP contribution in [0.5, 0.6) is 0 Å². The van der Waals surface area contributed by atoms with Crippen molar-refractivity contribution in [3.63, 3.8) is 0 Å². The van der Waals surface area contributed by atoms with Crippen molar-refractivity contribution >= 4 is 47.7 Å². The van der Waals surface area contributed by atoms with Crippen LogP contribution in [0.1, 0.15) is 50.1 Å². The van der Waals surface area contributed by atoms with Gasteiger partial charge < -0.3 is 20.9 Å². The highest BCUT2D eigenvalue weighted by molar-refractivity contribution is 7.79. The maximum atomic E-state index is 12.6. The molecule has 1 aromatic rings. The summed E-state index contributed by atoms with van der Waals surface area (Å²) in [6.07, 6.45) is 13.9. The Morgan fingerprint density at radius 1 is 1.18 bits per heavy atom. The van der Waals surface area contributed by atoms with Crippen molar-refractivity contribution in [1.82, 2.24) is 5.32 Å². The van der Waals surface area contributed by atoms with Gasteiger partial charge in [-0.3, -0.25) is 9.59 Å². The van der Waals surface area contributed by atoms with Crippen LogP contribution in [0.25, 0.3) is 0 Å². The minimum Gasteiger partial charge on any atom is -0.497 e. The summed E-state index contributed by atoms with van der Waals surface area (Å²) in [6.45, 7) is 0. The van der Waals surface area contributed by atoms with Gasteiger partial charge in [-0.05, 0) is 60.9 Å². The van der Waals surface area contributed by atoms with Gasteiger partial charge in [0.15, 0.2) is 0 Å². The number of thiol groups is 1. The highest BCUT2D eigenvalue weighted by atomic mass is 35.5. The number of halogens is 2. The zero-order valence-corrected chi connectivity index (χ0v) is 21.8. The predicted molar refractivity (Wildman–Crippen MR) is 140 cm³/mol. The molecule has 1 aromatic carbocycles. The third-order valence-corrected chi connectivity index (χ3v) is 6.47. The first-order valence-electron chi connectivity index (χ1n) is 11.2. The number of aliphatic carboxylic acids is 1. The minimum atomic E-state index is -1.05. The Labute approximate surface area is 216 Å². The van der Waals surface area contributed by atoms with Gasteiger partial charge >= 0.3 is 5.97 Å². The molecule has 0 aromatic heterocycles. The summed E-state index contributed by atoms with van der Waals surface area (Å²) in [5.74, 6) is -1.87. The van der Waals surface area contributed by atoms with Crippen LogP contribution in [0.4, 0.5) is 0 Å². The molecule has 0 bridgehead atoms. The van der Waals surface area contributed by atoms with Gasteiger partial charge in [-0.25, -0.2) is 0 Å². The van der Waals surface area contributed by atoms with Crippen molar-refractivity contribution in [2.45, 2.75) is 50.6 Å². The molecule has 3 aliphatic rings. The van der Waals surface area contributed by atoms with Gasteiger partial charge in [-0.1, -0.05) is 54.6 Å². The molecule has 2 aliphatic carbocycles. The first-order chi connectivity index (χ1) is 16.3. The molecular formula is C25H32Cl2N2O4S. The number of benzene rings is 1. The number of ether oxygens (including phenoxy) is 1. The summed E-state index contributed by atoms with van der Waals surface area (Å²) in [7, 11) is 1.50. The van der Waals surface area contributed by atoms with Crippen molar-refractivity contribution in [3.8, 4) is 0 Å². The molecule has 1 heterocycles. The van der Waals surface area contributed by atoms with Crippen molar-refractivity contribution < 1.29 is 19.4 Å². The Balaban J connectivity index is 0.000000384. The van der Waals surface area contributed by atoms with E-state index >= 15 is 0 Å². The van der Waals surface area contributed by atoms with Crippen LogP contribution in [0, 0.1) is 5.92 Å². The number of rotatable bonds is 3. The number of allylic oxidation sites excluding steroid dienone is 3. The highest BCUT2D eigenvalue weighted by Gasteiger charge is 2.42. The second kappa shape index (κ2) is 13.8. The molecule has 9 heteroatoms. The van der Waals surface area contributed by atoms with E-state index in [1.165, 1.54) is 45.3 Å². The number of methoxy groups -OCH3 is 1. The molecule has 2 atom stereocenters. The van der Waals surface area contributed by atoms with E-state index in [1.54, 1.807) is 36.6 Å². The fourth-order valence-electron chi connectivity index (χ4n) is 4.23. The van der Waals surface area contributed by atoms with E-state index in [0.717, 1.165) is 0 Å². The van der Waals surface area contributed by atoms with Gasteiger partial charge in [-0.15, -0.1) is 0 Å². The van der Waals surface area contributed by atoms with Crippen LogP contribution in [0.3, 0.4) is 0 Å². The van der Waals surface area contributed by atoms with Crippen LogP contribution in [-0.4, -0.2) is 36.4 Å². The number of fused-ring (bicyclic) bond motifs is 1. The number of amides is 1. The molecule has 2 fully saturated rings. The SMILES string of the molecule is COC1=CCC=C2C(=C1)C(=O)N[C@@H](c1ccc(Cl)cc1Cl)[C@@H]2C(=O)O.CS.NC1CCCCC1. The van der Waals surface area contributed by atoms with E-state index in [4.69, 9.17) is 33.7 Å². The third-order valence-electron chi connectivity index (χ3n) is 5.90. The number of hydrogen-bond donors (Lipinski definition) is 4. The molecule has 1 saturated heterocycles. The summed E-state index contributed by atoms with van der Waals surface area (Å²) in [5, 5.41) is 13.3. The number of hydrogen-bond acceptors (Lipinski definition) is 5. The Hall–Kier alpha value is -1.93. The van der Waals surface area contributed by atoms with E-state index in [2.05, 4.69) is 17.9 Å². The standard InChI is InChI=1S/C18H15Cl2NO4.C6H13N.CH4S/c1-25-10-3-2-4-11-13(8-10)17(22)21-16(15(11)18(23)24)12-6-5-9(19)7-14(12)20;7-6-4-2-1-3-5-6;1-2/h3-8,15-16H,2H2,1H3,(H,21,22)(H,23,24);6H,1-5,7H2;2H,1H3/t15-,16+;;/m1../s1. The second-order valence-corrected chi connectivity index (χ2v) is 8.94. The molecule has 1 amide bonds. The normalized spacial score (nSPS) is 22.1. The zero-order chi connectivity index (χ0) is 25.3. The number of carboxylic acids is 1. The Kier molecular flexibility index (Phi) is 11.5. The topological polar surface area (TPSA) is 102 Å². The van der Waals surface area contributed by atoms with Crippen molar-refractivity contribution in [1.29, 1.82) is 0 Å². The second-order valence-electron chi connectivity index (χ2n) is 8.09. The zero-order valence-electron chi connectivity index (χ0n) is 19.4. The lowest BCUT2D eigenvalue weighted by Gasteiger charge is -2.34. The Bertz CT molecular complexity index is 972. The predicted octanol–water partition coefficient (Wildman–Crippen LogP) is 5.48. The summed E-state index contributed by atoms with van der Waals surface area (Å²) in [5.41, 5.74) is 6.89. The molecule has 34 heavy (non-hydrogen) atoms. The lowest BCUT2D eigenvalue weighted by atomic mass is 9.79. The summed E-state index contributed by atoms with van der Waals surface area (Å²) >= 11 is 15.7. The third kappa shape index (κ3) is 7.28. The molecule has 4 rings (SSSR count). The van der Waals surface area contributed by atoms with Gasteiger partial charge in [0.1, 0.15) is 11.7 Å². The fraction of sp³-hybridized carbons (Fsp3) is 0.440. The van der Waals surface area contributed by atoms with Crippen LogP contribution in [-0.2, 0) is 14.3 Å². The summed E-state index contributed by atoms with van der Waals surface area (Å²) in [6, 6.07) is 4.53. The van der Waals surface area contributed by atoms with Crippen LogP contribution in [0.15, 0.2) is 53.3 Å². The van der Waals surface area contributed by atoms with Gasteiger partial charge in [0, 0.05) is 21.7 Å². The number of piperidine rings is 1. The van der Waals surface area contributed by atoms with Crippen molar-refractivity contribution in [2.24, 2.45) is 11.7 Å². The van der Waals surface area contributed by atoms with Gasteiger partial charge in [0.05, 0.1) is 13.2 Å². The van der Waals surface area contributed by atoms with Crippen LogP contribution >= 0.6 is 35.8 Å². The Morgan fingerprint density at radius 2 is 1.85 bits per heavy atom. The van der Waals surface area contributed by atoms with Crippen molar-refractivity contribution in [3.05, 3.63) is 68.9 Å². The molecule has 6 nitrogen and oxygen atoms in total. The number of carbonyl (C=O) groups excluding carboxylic acids is 1.